The first-order chi connectivity index (χ1) is 16.4. The Hall–Kier alpha value is -3.80. The Bertz CT molecular complexity index is 1230. The molecule has 2 heterocycles. The van der Waals surface area contributed by atoms with Gasteiger partial charge in [0.15, 0.2) is 5.69 Å². The molecule has 3 rings (SSSR count). The number of rotatable bonds is 4. The van der Waals surface area contributed by atoms with Crippen molar-refractivity contribution in [2.24, 2.45) is 0 Å². The summed E-state index contributed by atoms with van der Waals surface area (Å²) < 4.78 is 20.3. The Labute approximate surface area is 201 Å². The number of halogens is 1. The minimum atomic E-state index is -0.976. The van der Waals surface area contributed by atoms with Gasteiger partial charge in [0.1, 0.15) is 17.7 Å². The van der Waals surface area contributed by atoms with Crippen molar-refractivity contribution in [2.75, 3.05) is 34.4 Å². The Kier molecular flexibility index (Phi) is 7.54. The maximum absolute atomic E-state index is 13.5. The molecule has 1 aliphatic heterocycles. The maximum Gasteiger partial charge on any atom is 0.312 e. The van der Waals surface area contributed by atoms with Crippen molar-refractivity contribution in [3.05, 3.63) is 57.0 Å². The Morgan fingerprint density at radius 3 is 2.54 bits per heavy atom. The number of ether oxygens (including phenoxy) is 1. The quantitative estimate of drug-likeness (QED) is 0.598. The fourth-order valence-corrected chi connectivity index (χ4v) is 3.71. The molecule has 1 aromatic carbocycles. The van der Waals surface area contributed by atoms with E-state index in [9.17, 15) is 28.7 Å². The number of fused-ring (bicyclic) bond motifs is 1. The molecule has 0 saturated heterocycles. The normalized spacial score (nSPS) is 17.2. The van der Waals surface area contributed by atoms with Crippen LogP contribution in [0.3, 0.4) is 0 Å². The van der Waals surface area contributed by atoms with Crippen LogP contribution in [0.25, 0.3) is 0 Å². The van der Waals surface area contributed by atoms with E-state index in [1.807, 2.05) is 0 Å². The molecule has 12 heteroatoms. The molecule has 0 fully saturated rings. The summed E-state index contributed by atoms with van der Waals surface area (Å²) in [6.07, 6.45) is 0. The van der Waals surface area contributed by atoms with Crippen molar-refractivity contribution in [2.45, 2.75) is 32.5 Å². The number of amides is 3. The number of aromatic hydroxyl groups is 1. The number of carbonyl (C=O) groups excluding carboxylic acids is 3. The number of nitrogens with zero attached hydrogens (tertiary/aromatic N) is 4. The number of likely N-dealkylation sites (N-methyl/N-ethyl adjacent to an activating group) is 2. The highest BCUT2D eigenvalue weighted by Gasteiger charge is 2.36. The summed E-state index contributed by atoms with van der Waals surface area (Å²) in [5, 5.41) is 13.1. The SMILES string of the molecule is Cc1cc(CNC(=O)c2nc3n(c(=O)c2O)[C@@H](C)COCC3N(C)C(=O)C(=O)N(C)C)ccc1F. The molecule has 35 heavy (non-hydrogen) atoms. The molecule has 0 saturated carbocycles. The van der Waals surface area contributed by atoms with Crippen molar-refractivity contribution >= 4 is 17.7 Å². The van der Waals surface area contributed by atoms with Gasteiger partial charge in [0, 0.05) is 27.7 Å². The lowest BCUT2D eigenvalue weighted by Crippen LogP contribution is -2.44. The third-order valence-electron chi connectivity index (χ3n) is 5.76. The van der Waals surface area contributed by atoms with E-state index < -0.39 is 46.8 Å². The summed E-state index contributed by atoms with van der Waals surface area (Å²) in [4.78, 5) is 57.3. The van der Waals surface area contributed by atoms with Crippen molar-refractivity contribution in [3.8, 4) is 5.75 Å². The first-order valence-corrected chi connectivity index (χ1v) is 10.9. The van der Waals surface area contributed by atoms with Gasteiger partial charge in [0.25, 0.3) is 11.5 Å². The Balaban J connectivity index is 1.99. The van der Waals surface area contributed by atoms with Crippen molar-refractivity contribution in [3.63, 3.8) is 0 Å². The number of aromatic nitrogens is 2. The van der Waals surface area contributed by atoms with Gasteiger partial charge in [-0.05, 0) is 31.0 Å². The minimum absolute atomic E-state index is 0.00183. The highest BCUT2D eigenvalue weighted by Crippen LogP contribution is 2.26. The van der Waals surface area contributed by atoms with Crippen molar-refractivity contribution in [1.29, 1.82) is 0 Å². The second-order valence-corrected chi connectivity index (χ2v) is 8.63. The first-order valence-electron chi connectivity index (χ1n) is 10.9. The third kappa shape index (κ3) is 5.16. The van der Waals surface area contributed by atoms with Gasteiger partial charge in [-0.1, -0.05) is 12.1 Å². The molecule has 0 bridgehead atoms. The lowest BCUT2D eigenvalue weighted by molar-refractivity contribution is -0.151. The summed E-state index contributed by atoms with van der Waals surface area (Å²) in [6, 6.07) is 2.80. The molecule has 2 atom stereocenters. The average Bonchev–Trinajstić information content (AvgIpc) is 2.98. The number of aryl methyl sites for hydroxylation is 1. The number of nitrogens with one attached hydrogen (secondary N) is 1. The van der Waals surface area contributed by atoms with Gasteiger partial charge >= 0.3 is 11.8 Å². The van der Waals surface area contributed by atoms with Crippen LogP contribution in [0, 0.1) is 12.7 Å². The zero-order valence-corrected chi connectivity index (χ0v) is 20.2. The third-order valence-corrected chi connectivity index (χ3v) is 5.76. The molecule has 188 valence electrons. The van der Waals surface area contributed by atoms with Crippen LogP contribution in [0.15, 0.2) is 23.0 Å². The van der Waals surface area contributed by atoms with Crippen LogP contribution in [0.4, 0.5) is 4.39 Å². The van der Waals surface area contributed by atoms with Crippen LogP contribution in [0.2, 0.25) is 0 Å². The van der Waals surface area contributed by atoms with Gasteiger partial charge < -0.3 is 25.0 Å². The summed E-state index contributed by atoms with van der Waals surface area (Å²) in [6.45, 7) is 3.25. The van der Waals surface area contributed by atoms with E-state index in [2.05, 4.69) is 10.3 Å². The van der Waals surface area contributed by atoms with Crippen LogP contribution in [0.5, 0.6) is 5.75 Å². The molecule has 1 aromatic heterocycles. The minimum Gasteiger partial charge on any atom is -0.501 e. The van der Waals surface area contributed by atoms with Crippen molar-refractivity contribution < 1.29 is 28.6 Å². The molecule has 0 aliphatic carbocycles. The molecule has 1 unspecified atom stereocenters. The summed E-state index contributed by atoms with van der Waals surface area (Å²) >= 11 is 0. The smallest absolute Gasteiger partial charge is 0.312 e. The van der Waals surface area contributed by atoms with E-state index in [0.717, 1.165) is 14.4 Å². The Morgan fingerprint density at radius 1 is 1.23 bits per heavy atom. The molecule has 11 nitrogen and oxygen atoms in total. The fraction of sp³-hybridized carbons (Fsp3) is 0.435. The van der Waals surface area contributed by atoms with E-state index in [1.54, 1.807) is 19.9 Å². The number of hydrogen-bond acceptors (Lipinski definition) is 7. The second kappa shape index (κ2) is 10.2. The zero-order valence-electron chi connectivity index (χ0n) is 20.2. The van der Waals surface area contributed by atoms with Crippen LogP contribution >= 0.6 is 0 Å². The molecular weight excluding hydrogens is 461 g/mol. The summed E-state index contributed by atoms with van der Waals surface area (Å²) in [5.74, 6) is -3.71. The van der Waals surface area contributed by atoms with Crippen LogP contribution < -0.4 is 10.9 Å². The molecule has 1 aliphatic rings. The number of hydrogen-bond donors (Lipinski definition) is 2. The topological polar surface area (TPSA) is 134 Å². The van der Waals surface area contributed by atoms with Crippen LogP contribution in [-0.4, -0.2) is 76.5 Å². The van der Waals surface area contributed by atoms with Crippen LogP contribution in [0.1, 0.15) is 46.4 Å². The van der Waals surface area contributed by atoms with Gasteiger partial charge in [0.2, 0.25) is 5.75 Å². The lowest BCUT2D eigenvalue weighted by Gasteiger charge is -2.28. The highest BCUT2D eigenvalue weighted by atomic mass is 19.1. The zero-order chi connectivity index (χ0) is 26.0. The summed E-state index contributed by atoms with van der Waals surface area (Å²) in [5.41, 5.74) is -0.395. The molecule has 0 radical (unpaired) electrons. The molecule has 2 aromatic rings. The molecule has 3 amide bonds. The predicted molar refractivity (Wildman–Crippen MR) is 122 cm³/mol. The number of carbonyl (C=O) groups is 3. The van der Waals surface area contributed by atoms with E-state index in [4.69, 9.17) is 4.74 Å². The van der Waals surface area contributed by atoms with Gasteiger partial charge in [-0.2, -0.15) is 0 Å². The predicted octanol–water partition coefficient (Wildman–Crippen LogP) is 0.505. The van der Waals surface area contributed by atoms with E-state index in [0.29, 0.717) is 11.1 Å². The average molecular weight is 490 g/mol. The monoisotopic (exact) mass is 489 g/mol. The number of benzene rings is 1. The molecule has 0 spiro atoms. The second-order valence-electron chi connectivity index (χ2n) is 8.63. The van der Waals surface area contributed by atoms with E-state index in [1.165, 1.54) is 33.3 Å². The van der Waals surface area contributed by atoms with Gasteiger partial charge in [-0.15, -0.1) is 0 Å². The van der Waals surface area contributed by atoms with Crippen LogP contribution in [-0.2, 0) is 20.9 Å². The van der Waals surface area contributed by atoms with E-state index >= 15 is 0 Å². The largest absolute Gasteiger partial charge is 0.501 e. The molecular formula is C23H28FN5O6. The van der Waals surface area contributed by atoms with Gasteiger partial charge in [0.05, 0.1) is 19.3 Å². The van der Waals surface area contributed by atoms with Gasteiger partial charge in [-0.25, -0.2) is 9.37 Å². The summed E-state index contributed by atoms with van der Waals surface area (Å²) in [7, 11) is 4.23. The van der Waals surface area contributed by atoms with E-state index in [-0.39, 0.29) is 31.4 Å². The maximum atomic E-state index is 13.5. The standard InChI is InChI=1S/C23H28FN5O6/c1-12-8-14(6-7-15(12)24)9-25-20(31)17-18(30)21(32)29-13(2)10-35-11-16(19(29)26-17)28(5)23(34)22(33)27(3)4/h6-8,13,16,30H,9-11H2,1-5H3,(H,25,31)/t13-,16?/m0/s1. The highest BCUT2D eigenvalue weighted by molar-refractivity contribution is 6.34. The van der Waals surface area contributed by atoms with Crippen molar-refractivity contribution in [1.82, 2.24) is 24.7 Å². The lowest BCUT2D eigenvalue weighted by atomic mass is 10.1. The fourth-order valence-electron chi connectivity index (χ4n) is 3.71. The van der Waals surface area contributed by atoms with Gasteiger partial charge in [-0.3, -0.25) is 23.7 Å². The molecule has 2 N–H and O–H groups in total. The Morgan fingerprint density at radius 2 is 1.91 bits per heavy atom. The first kappa shape index (κ1) is 25.8.